The van der Waals surface area contributed by atoms with E-state index in [-0.39, 0.29) is 5.41 Å². The van der Waals surface area contributed by atoms with Crippen LogP contribution in [0.5, 0.6) is 0 Å². The van der Waals surface area contributed by atoms with Crippen molar-refractivity contribution in [2.45, 2.75) is 39.0 Å². The number of halogens is 1. The van der Waals surface area contributed by atoms with Gasteiger partial charge in [0.1, 0.15) is 0 Å². The smallest absolute Gasteiger partial charge is 0.0132 e. The van der Waals surface area contributed by atoms with Crippen molar-refractivity contribution in [2.75, 3.05) is 5.33 Å². The Labute approximate surface area is 131 Å². The molecule has 2 aromatic carbocycles. The fourth-order valence-corrected chi connectivity index (χ4v) is 3.66. The summed E-state index contributed by atoms with van der Waals surface area (Å²) in [7, 11) is 0. The summed E-state index contributed by atoms with van der Waals surface area (Å²) >= 11 is 3.76. The summed E-state index contributed by atoms with van der Waals surface area (Å²) in [6.07, 6.45) is 2.22. The first-order chi connectivity index (χ1) is 9.61. The molecule has 0 radical (unpaired) electrons. The molecule has 0 heterocycles. The van der Waals surface area contributed by atoms with Crippen LogP contribution in [0.4, 0.5) is 0 Å². The lowest BCUT2D eigenvalue weighted by Crippen LogP contribution is -2.30. The molecule has 0 saturated heterocycles. The van der Waals surface area contributed by atoms with Gasteiger partial charge in [-0.25, -0.2) is 0 Å². The number of benzene rings is 2. The van der Waals surface area contributed by atoms with Crippen LogP contribution in [0.2, 0.25) is 0 Å². The number of hydrogen-bond acceptors (Lipinski definition) is 0. The first-order valence-corrected chi connectivity index (χ1v) is 8.41. The molecule has 0 aliphatic heterocycles. The molecule has 2 rings (SSSR count). The van der Waals surface area contributed by atoms with Gasteiger partial charge < -0.3 is 0 Å². The van der Waals surface area contributed by atoms with Crippen LogP contribution in [0.15, 0.2) is 48.5 Å². The van der Waals surface area contributed by atoms with Gasteiger partial charge in [-0.3, -0.25) is 0 Å². The molecule has 0 aromatic heterocycles. The van der Waals surface area contributed by atoms with Crippen LogP contribution in [-0.4, -0.2) is 5.33 Å². The number of aryl methyl sites for hydroxylation is 2. The SMILES string of the molecule is CCC(CBr)(Cc1ccc(C)c(C)c1)c1ccccc1. The molecule has 1 unspecified atom stereocenters. The molecule has 2 aromatic rings. The molecule has 20 heavy (non-hydrogen) atoms. The van der Waals surface area contributed by atoms with Gasteiger partial charge in [-0.1, -0.05) is 71.4 Å². The highest BCUT2D eigenvalue weighted by molar-refractivity contribution is 9.09. The zero-order valence-corrected chi connectivity index (χ0v) is 14.2. The molecule has 0 spiro atoms. The van der Waals surface area contributed by atoms with E-state index in [4.69, 9.17) is 0 Å². The van der Waals surface area contributed by atoms with Crippen molar-refractivity contribution < 1.29 is 0 Å². The predicted octanol–water partition coefficient (Wildman–Crippen LogP) is 5.59. The summed E-state index contributed by atoms with van der Waals surface area (Å²) in [5.74, 6) is 0. The van der Waals surface area contributed by atoms with E-state index in [1.54, 1.807) is 0 Å². The summed E-state index contributed by atoms with van der Waals surface area (Å²) in [5, 5.41) is 0.993. The van der Waals surface area contributed by atoms with Crippen LogP contribution in [0, 0.1) is 13.8 Å². The Morgan fingerprint density at radius 2 is 1.65 bits per heavy atom. The molecule has 1 heteroatoms. The van der Waals surface area contributed by atoms with Crippen LogP contribution in [-0.2, 0) is 11.8 Å². The van der Waals surface area contributed by atoms with Gasteiger partial charge in [0.15, 0.2) is 0 Å². The monoisotopic (exact) mass is 330 g/mol. The Hall–Kier alpha value is -1.08. The minimum atomic E-state index is 0.183. The third-order valence-electron chi connectivity index (χ3n) is 4.43. The van der Waals surface area contributed by atoms with Gasteiger partial charge >= 0.3 is 0 Å². The molecular weight excluding hydrogens is 308 g/mol. The second-order valence-electron chi connectivity index (χ2n) is 5.73. The first-order valence-electron chi connectivity index (χ1n) is 7.29. The van der Waals surface area contributed by atoms with Gasteiger partial charge in [0.05, 0.1) is 0 Å². The van der Waals surface area contributed by atoms with Crippen molar-refractivity contribution in [2.24, 2.45) is 0 Å². The Bertz CT molecular complexity index is 553. The van der Waals surface area contributed by atoms with Gasteiger partial charge in [0.2, 0.25) is 0 Å². The van der Waals surface area contributed by atoms with E-state index in [9.17, 15) is 0 Å². The lowest BCUT2D eigenvalue weighted by molar-refractivity contribution is 0.464. The molecule has 0 amide bonds. The molecule has 0 aliphatic rings. The number of hydrogen-bond donors (Lipinski definition) is 0. The van der Waals surface area contributed by atoms with Crippen LogP contribution in [0.25, 0.3) is 0 Å². The zero-order valence-electron chi connectivity index (χ0n) is 12.6. The Kier molecular flexibility index (Phi) is 5.04. The summed E-state index contributed by atoms with van der Waals surface area (Å²) in [5.41, 5.74) is 5.79. The quantitative estimate of drug-likeness (QED) is 0.627. The molecule has 0 nitrogen and oxygen atoms in total. The van der Waals surface area contributed by atoms with Crippen LogP contribution < -0.4 is 0 Å². The molecule has 0 N–H and O–H groups in total. The van der Waals surface area contributed by atoms with Gasteiger partial charge in [-0.15, -0.1) is 0 Å². The van der Waals surface area contributed by atoms with Gasteiger partial charge in [0, 0.05) is 10.7 Å². The zero-order chi connectivity index (χ0) is 14.6. The maximum Gasteiger partial charge on any atom is 0.0132 e. The maximum atomic E-state index is 3.76. The first kappa shape index (κ1) is 15.3. The fourth-order valence-electron chi connectivity index (χ4n) is 2.75. The van der Waals surface area contributed by atoms with E-state index in [2.05, 4.69) is 85.2 Å². The highest BCUT2D eigenvalue weighted by Gasteiger charge is 2.29. The van der Waals surface area contributed by atoms with Crippen LogP contribution >= 0.6 is 15.9 Å². The largest absolute Gasteiger partial charge is 0.0918 e. The van der Waals surface area contributed by atoms with Gasteiger partial charge in [-0.2, -0.15) is 0 Å². The van der Waals surface area contributed by atoms with Crippen molar-refractivity contribution in [3.05, 3.63) is 70.8 Å². The third-order valence-corrected chi connectivity index (χ3v) is 5.51. The van der Waals surface area contributed by atoms with Crippen molar-refractivity contribution in [3.63, 3.8) is 0 Å². The van der Waals surface area contributed by atoms with Crippen molar-refractivity contribution in [1.82, 2.24) is 0 Å². The average molecular weight is 331 g/mol. The molecule has 106 valence electrons. The molecular formula is C19H23Br. The van der Waals surface area contributed by atoms with E-state index in [1.165, 1.54) is 22.3 Å². The summed E-state index contributed by atoms with van der Waals surface area (Å²) < 4.78 is 0. The second-order valence-corrected chi connectivity index (χ2v) is 6.29. The van der Waals surface area contributed by atoms with E-state index in [1.807, 2.05) is 0 Å². The number of rotatable bonds is 5. The Morgan fingerprint density at radius 1 is 0.950 bits per heavy atom. The second kappa shape index (κ2) is 6.58. The molecule has 0 aliphatic carbocycles. The van der Waals surface area contributed by atoms with Gasteiger partial charge in [-0.05, 0) is 48.9 Å². The maximum absolute atomic E-state index is 3.76. The normalized spacial score (nSPS) is 14.0. The highest BCUT2D eigenvalue weighted by atomic mass is 79.9. The summed E-state index contributed by atoms with van der Waals surface area (Å²) in [6, 6.07) is 17.7. The minimum Gasteiger partial charge on any atom is -0.0918 e. The van der Waals surface area contributed by atoms with Crippen LogP contribution in [0.3, 0.4) is 0 Å². The van der Waals surface area contributed by atoms with Crippen molar-refractivity contribution in [1.29, 1.82) is 0 Å². The molecule has 0 saturated carbocycles. The topological polar surface area (TPSA) is 0 Å². The molecule has 0 bridgehead atoms. The third kappa shape index (κ3) is 3.15. The lowest BCUT2D eigenvalue weighted by atomic mass is 9.75. The van der Waals surface area contributed by atoms with E-state index in [0.717, 1.165) is 18.2 Å². The van der Waals surface area contributed by atoms with Crippen molar-refractivity contribution in [3.8, 4) is 0 Å². The summed E-state index contributed by atoms with van der Waals surface area (Å²) in [6.45, 7) is 6.66. The average Bonchev–Trinajstić information content (AvgIpc) is 2.49. The Balaban J connectivity index is 2.36. The lowest BCUT2D eigenvalue weighted by Gasteiger charge is -2.32. The predicted molar refractivity (Wildman–Crippen MR) is 91.8 cm³/mol. The van der Waals surface area contributed by atoms with Gasteiger partial charge in [0.25, 0.3) is 0 Å². The minimum absolute atomic E-state index is 0.183. The standard InChI is InChI=1S/C19H23Br/c1-4-19(14-20,18-8-6-5-7-9-18)13-17-11-10-15(2)16(3)12-17/h5-12H,4,13-14H2,1-3H3. The highest BCUT2D eigenvalue weighted by Crippen LogP contribution is 2.34. The summed E-state index contributed by atoms with van der Waals surface area (Å²) in [4.78, 5) is 0. The van der Waals surface area contributed by atoms with Crippen molar-refractivity contribution >= 4 is 15.9 Å². The number of alkyl halides is 1. The van der Waals surface area contributed by atoms with Crippen LogP contribution in [0.1, 0.15) is 35.6 Å². The van der Waals surface area contributed by atoms with E-state index in [0.29, 0.717) is 0 Å². The Morgan fingerprint density at radius 3 is 2.20 bits per heavy atom. The van der Waals surface area contributed by atoms with E-state index < -0.39 is 0 Å². The molecule has 1 atom stereocenters. The van der Waals surface area contributed by atoms with E-state index >= 15 is 0 Å². The molecule has 0 fully saturated rings. The fraction of sp³-hybridized carbons (Fsp3) is 0.368.